The van der Waals surface area contributed by atoms with Gasteiger partial charge in [-0.1, -0.05) is 42.5 Å². The van der Waals surface area contributed by atoms with E-state index in [1.54, 1.807) is 0 Å². The Morgan fingerprint density at radius 3 is 2.65 bits per heavy atom. The lowest BCUT2D eigenvalue weighted by atomic mass is 10.1. The van der Waals surface area contributed by atoms with Crippen molar-refractivity contribution >= 4 is 16.8 Å². The summed E-state index contributed by atoms with van der Waals surface area (Å²) in [5, 5.41) is 12.8. The van der Waals surface area contributed by atoms with Gasteiger partial charge in [0.25, 0.3) is 0 Å². The summed E-state index contributed by atoms with van der Waals surface area (Å²) in [4.78, 5) is 11.5. The molecule has 23 heavy (non-hydrogen) atoms. The Morgan fingerprint density at radius 1 is 1.04 bits per heavy atom. The first-order valence-electron chi connectivity index (χ1n) is 7.76. The molecule has 0 saturated heterocycles. The second kappa shape index (κ2) is 7.11. The summed E-state index contributed by atoms with van der Waals surface area (Å²) in [6.45, 7) is 1.18. The molecule has 1 heterocycles. The zero-order chi connectivity index (χ0) is 16.1. The van der Waals surface area contributed by atoms with Crippen LogP contribution in [0.1, 0.15) is 17.5 Å². The number of amides is 1. The summed E-state index contributed by atoms with van der Waals surface area (Å²) in [5.41, 5.74) is 3.50. The molecular weight excluding hydrogens is 288 g/mol. The van der Waals surface area contributed by atoms with Crippen molar-refractivity contribution < 1.29 is 9.90 Å². The van der Waals surface area contributed by atoms with Crippen molar-refractivity contribution in [3.63, 3.8) is 0 Å². The molecule has 0 spiro atoms. The third-order valence-electron chi connectivity index (χ3n) is 3.91. The number of aromatic nitrogens is 1. The maximum Gasteiger partial charge on any atom is 0.222 e. The van der Waals surface area contributed by atoms with E-state index in [1.807, 2.05) is 30.3 Å². The van der Waals surface area contributed by atoms with E-state index >= 15 is 0 Å². The van der Waals surface area contributed by atoms with Gasteiger partial charge in [0.1, 0.15) is 0 Å². The van der Waals surface area contributed by atoms with Crippen molar-refractivity contribution in [3.05, 3.63) is 71.9 Å². The number of carbonyl (C=O) groups excluding carboxylic acids is 1. The van der Waals surface area contributed by atoms with E-state index in [4.69, 9.17) is 5.11 Å². The number of hydrogen-bond acceptors (Lipinski definition) is 2. The zero-order valence-electron chi connectivity index (χ0n) is 12.9. The summed E-state index contributed by atoms with van der Waals surface area (Å²) in [7, 11) is 0. The fourth-order valence-electron chi connectivity index (χ4n) is 2.74. The number of hydrogen-bond donors (Lipinski definition) is 2. The van der Waals surface area contributed by atoms with E-state index in [9.17, 15) is 4.79 Å². The fourth-order valence-corrected chi connectivity index (χ4v) is 2.74. The van der Waals surface area contributed by atoms with Gasteiger partial charge in [0.05, 0.1) is 6.61 Å². The SMILES string of the molecule is O=C(CCO)NCc1cccc2c1ccn2Cc1ccccc1. The number of nitrogens with zero attached hydrogens (tertiary/aromatic N) is 1. The number of nitrogens with one attached hydrogen (secondary N) is 1. The number of rotatable bonds is 6. The minimum Gasteiger partial charge on any atom is -0.396 e. The lowest BCUT2D eigenvalue weighted by molar-refractivity contribution is -0.121. The Morgan fingerprint density at radius 2 is 1.87 bits per heavy atom. The summed E-state index contributed by atoms with van der Waals surface area (Å²) >= 11 is 0. The van der Waals surface area contributed by atoms with Gasteiger partial charge in [-0.25, -0.2) is 0 Å². The number of fused-ring (bicyclic) bond motifs is 1. The molecule has 0 unspecified atom stereocenters. The lowest BCUT2D eigenvalue weighted by Crippen LogP contribution is -2.23. The minimum absolute atomic E-state index is 0.122. The molecule has 4 nitrogen and oxygen atoms in total. The second-order valence-electron chi connectivity index (χ2n) is 5.53. The van der Waals surface area contributed by atoms with Gasteiger partial charge in [0, 0.05) is 36.6 Å². The number of aliphatic hydroxyl groups is 1. The molecule has 0 saturated carbocycles. The molecule has 0 radical (unpaired) electrons. The summed E-state index contributed by atoms with van der Waals surface area (Å²) in [6, 6.07) is 18.6. The second-order valence-corrected chi connectivity index (χ2v) is 5.53. The van der Waals surface area contributed by atoms with Crippen molar-refractivity contribution in [2.24, 2.45) is 0 Å². The summed E-state index contributed by atoms with van der Waals surface area (Å²) in [5.74, 6) is -0.131. The van der Waals surface area contributed by atoms with Gasteiger partial charge in [0.15, 0.2) is 0 Å². The van der Waals surface area contributed by atoms with E-state index in [1.165, 1.54) is 5.56 Å². The molecule has 4 heteroatoms. The van der Waals surface area contributed by atoms with Gasteiger partial charge in [-0.3, -0.25) is 4.79 Å². The average Bonchev–Trinajstić information content (AvgIpc) is 2.98. The van der Waals surface area contributed by atoms with Crippen LogP contribution in [-0.2, 0) is 17.9 Å². The molecule has 0 aliphatic carbocycles. The van der Waals surface area contributed by atoms with Crippen molar-refractivity contribution in [2.75, 3.05) is 6.61 Å². The Bertz CT molecular complexity index is 793. The van der Waals surface area contributed by atoms with Crippen LogP contribution in [0.4, 0.5) is 0 Å². The maximum atomic E-state index is 11.5. The average molecular weight is 308 g/mol. The van der Waals surface area contributed by atoms with E-state index in [2.05, 4.69) is 40.3 Å². The van der Waals surface area contributed by atoms with Crippen LogP contribution in [0.5, 0.6) is 0 Å². The molecule has 0 atom stereocenters. The zero-order valence-corrected chi connectivity index (χ0v) is 12.9. The first-order valence-corrected chi connectivity index (χ1v) is 7.76. The highest BCUT2D eigenvalue weighted by Gasteiger charge is 2.07. The van der Waals surface area contributed by atoms with Crippen LogP contribution in [0.3, 0.4) is 0 Å². The Balaban J connectivity index is 1.81. The minimum atomic E-state index is -0.131. The molecule has 1 amide bonds. The van der Waals surface area contributed by atoms with Gasteiger partial charge in [0.2, 0.25) is 5.91 Å². The smallest absolute Gasteiger partial charge is 0.222 e. The molecule has 3 rings (SSSR count). The van der Waals surface area contributed by atoms with Crippen molar-refractivity contribution in [3.8, 4) is 0 Å². The number of aliphatic hydroxyl groups excluding tert-OH is 1. The first-order chi connectivity index (χ1) is 11.3. The van der Waals surface area contributed by atoms with Gasteiger partial charge >= 0.3 is 0 Å². The monoisotopic (exact) mass is 308 g/mol. The van der Waals surface area contributed by atoms with Crippen LogP contribution < -0.4 is 5.32 Å². The van der Waals surface area contributed by atoms with E-state index < -0.39 is 0 Å². The van der Waals surface area contributed by atoms with E-state index in [0.717, 1.165) is 23.0 Å². The maximum absolute atomic E-state index is 11.5. The molecule has 3 aromatic rings. The predicted octanol–water partition coefficient (Wildman–Crippen LogP) is 2.69. The highest BCUT2D eigenvalue weighted by Crippen LogP contribution is 2.21. The normalized spacial score (nSPS) is 10.8. The highest BCUT2D eigenvalue weighted by molar-refractivity contribution is 5.84. The van der Waals surface area contributed by atoms with Crippen molar-refractivity contribution in [1.82, 2.24) is 9.88 Å². The molecule has 0 bridgehead atoms. The van der Waals surface area contributed by atoms with Crippen LogP contribution in [-0.4, -0.2) is 22.2 Å². The van der Waals surface area contributed by atoms with Gasteiger partial charge < -0.3 is 15.0 Å². The summed E-state index contributed by atoms with van der Waals surface area (Å²) in [6.07, 6.45) is 2.22. The number of benzene rings is 2. The predicted molar refractivity (Wildman–Crippen MR) is 91.0 cm³/mol. The Hall–Kier alpha value is -2.59. The Labute approximate surface area is 135 Å². The van der Waals surface area contributed by atoms with Gasteiger partial charge in [-0.15, -0.1) is 0 Å². The largest absolute Gasteiger partial charge is 0.396 e. The van der Waals surface area contributed by atoms with Crippen LogP contribution in [0.15, 0.2) is 60.8 Å². The fraction of sp³-hybridized carbons (Fsp3) is 0.211. The van der Waals surface area contributed by atoms with Crippen LogP contribution in [0.2, 0.25) is 0 Å². The Kier molecular flexibility index (Phi) is 4.74. The molecule has 118 valence electrons. The highest BCUT2D eigenvalue weighted by atomic mass is 16.3. The number of carbonyl (C=O) groups is 1. The standard InChI is InChI=1S/C19H20N2O2/c22-12-10-19(23)20-13-16-7-4-8-18-17(16)9-11-21(18)14-15-5-2-1-3-6-15/h1-9,11,22H,10,12-14H2,(H,20,23). The quantitative estimate of drug-likeness (QED) is 0.735. The third-order valence-corrected chi connectivity index (χ3v) is 3.91. The van der Waals surface area contributed by atoms with Crippen molar-refractivity contribution in [1.29, 1.82) is 0 Å². The topological polar surface area (TPSA) is 54.3 Å². The van der Waals surface area contributed by atoms with Crippen molar-refractivity contribution in [2.45, 2.75) is 19.5 Å². The molecule has 0 aliphatic heterocycles. The first kappa shape index (κ1) is 15.3. The van der Waals surface area contributed by atoms with Crippen LogP contribution in [0.25, 0.3) is 10.9 Å². The molecule has 1 aromatic heterocycles. The van der Waals surface area contributed by atoms with Gasteiger partial charge in [-0.2, -0.15) is 0 Å². The molecule has 2 aromatic carbocycles. The van der Waals surface area contributed by atoms with E-state index in [0.29, 0.717) is 6.54 Å². The van der Waals surface area contributed by atoms with Crippen LogP contribution >= 0.6 is 0 Å². The molecule has 2 N–H and O–H groups in total. The van der Waals surface area contributed by atoms with Crippen LogP contribution in [0, 0.1) is 0 Å². The molecule has 0 fully saturated rings. The molecule has 0 aliphatic rings. The van der Waals surface area contributed by atoms with E-state index in [-0.39, 0.29) is 18.9 Å². The lowest BCUT2D eigenvalue weighted by Gasteiger charge is -2.08. The summed E-state index contributed by atoms with van der Waals surface area (Å²) < 4.78 is 2.21. The van der Waals surface area contributed by atoms with Gasteiger partial charge in [-0.05, 0) is 23.3 Å². The third kappa shape index (κ3) is 3.60. The molecular formula is C19H20N2O2.